The second kappa shape index (κ2) is 31.2. The van der Waals surface area contributed by atoms with E-state index in [1.165, 1.54) is 87.8 Å². The van der Waals surface area contributed by atoms with Gasteiger partial charge in [0.2, 0.25) is 0 Å². The average Bonchev–Trinajstić information content (AvgIpc) is 3.32. The first-order valence-electron chi connectivity index (χ1n) is 25.5. The van der Waals surface area contributed by atoms with E-state index in [-0.39, 0.29) is 23.0 Å². The third-order valence-electron chi connectivity index (χ3n) is 11.8. The van der Waals surface area contributed by atoms with Gasteiger partial charge in [-0.2, -0.15) is 0 Å². The molecule has 10 heteroatoms. The predicted molar refractivity (Wildman–Crippen MR) is 274 cm³/mol. The summed E-state index contributed by atoms with van der Waals surface area (Å²) in [4.78, 5) is 0. The summed E-state index contributed by atoms with van der Waals surface area (Å²) in [5.41, 5.74) is 4.08. The van der Waals surface area contributed by atoms with E-state index < -0.39 is 0 Å². The maximum Gasteiger partial charge on any atom is 0.128 e. The lowest BCUT2D eigenvalue weighted by molar-refractivity contribution is 0.286. The molecule has 0 saturated heterocycles. The number of aromatic hydroxyl groups is 4. The van der Waals surface area contributed by atoms with Crippen molar-refractivity contribution in [2.45, 2.75) is 142 Å². The Kier molecular flexibility index (Phi) is 24.3. The van der Waals surface area contributed by atoms with Gasteiger partial charge in [-0.25, -0.2) is 0 Å². The molecular formula is C58H78O10. The normalized spacial score (nSPS) is 11.1. The lowest BCUT2D eigenvalue weighted by Gasteiger charge is -2.19. The molecule has 0 amide bonds. The minimum absolute atomic E-state index is 0.0148. The Hall–Kier alpha value is -5.90. The number of benzene rings is 5. The molecular weight excluding hydrogens is 857 g/mol. The highest BCUT2D eigenvalue weighted by molar-refractivity contribution is 5.81. The van der Waals surface area contributed by atoms with Crippen LogP contribution in [0.15, 0.2) is 97.1 Å². The molecule has 0 aliphatic carbocycles. The van der Waals surface area contributed by atoms with Gasteiger partial charge in [0, 0.05) is 47.5 Å². The lowest BCUT2D eigenvalue weighted by atomic mass is 9.97. The molecule has 0 atom stereocenters. The van der Waals surface area contributed by atoms with Crippen LogP contribution in [0.1, 0.15) is 142 Å². The summed E-state index contributed by atoms with van der Waals surface area (Å²) < 4.78 is 37.0. The summed E-state index contributed by atoms with van der Waals surface area (Å²) in [5, 5.41) is 38.6. The van der Waals surface area contributed by atoms with E-state index >= 15 is 0 Å². The largest absolute Gasteiger partial charge is 0.508 e. The van der Waals surface area contributed by atoms with Crippen LogP contribution in [0, 0.1) is 0 Å². The molecule has 0 radical (unpaired) electrons. The molecule has 0 aromatic heterocycles. The van der Waals surface area contributed by atoms with Crippen molar-refractivity contribution >= 4 is 0 Å². The van der Waals surface area contributed by atoms with Gasteiger partial charge >= 0.3 is 0 Å². The van der Waals surface area contributed by atoms with E-state index in [0.717, 1.165) is 122 Å². The van der Waals surface area contributed by atoms with Gasteiger partial charge in [0.05, 0.1) is 39.6 Å². The number of phenolic OH excluding ortho intramolecular Hbond substituents is 4. The molecule has 0 saturated carbocycles. The fraction of sp³-hybridized carbons (Fsp3) is 0.483. The molecule has 10 nitrogen and oxygen atoms in total. The Morgan fingerprint density at radius 2 is 0.544 bits per heavy atom. The number of phenols is 4. The molecule has 5 aromatic rings. The number of unbranched alkanes of at least 4 members (excludes halogenated alkanes) is 16. The highest BCUT2D eigenvalue weighted by atomic mass is 16.5. The molecule has 0 fully saturated rings. The number of hydrogen-bond acceptors (Lipinski definition) is 10. The molecule has 0 heterocycles. The summed E-state index contributed by atoms with van der Waals surface area (Å²) in [5.74, 6) is 4.20. The summed E-state index contributed by atoms with van der Waals surface area (Å²) >= 11 is 0. The fourth-order valence-corrected chi connectivity index (χ4v) is 8.02. The fourth-order valence-electron chi connectivity index (χ4n) is 8.02. The van der Waals surface area contributed by atoms with Gasteiger partial charge in [-0.1, -0.05) is 102 Å². The van der Waals surface area contributed by atoms with Crippen LogP contribution >= 0.6 is 0 Å². The first kappa shape index (κ1) is 53.1. The first-order valence-corrected chi connectivity index (χ1v) is 25.5. The topological polar surface area (TPSA) is 136 Å². The molecule has 5 aromatic carbocycles. The van der Waals surface area contributed by atoms with Crippen molar-refractivity contribution in [3.8, 4) is 79.7 Å². The van der Waals surface area contributed by atoms with E-state index in [0.29, 0.717) is 51.1 Å². The van der Waals surface area contributed by atoms with Crippen LogP contribution < -0.4 is 28.4 Å². The third kappa shape index (κ3) is 20.1. The van der Waals surface area contributed by atoms with E-state index in [1.807, 2.05) is 24.3 Å². The SMILES string of the molecule is CCCCCCCCOc1cc(-c2ccc(OCCCCCCOc3cc(O)cc(O)c3)cc2)c(OCCCCCCCC)cc1-c1ccc(OCCCCCCOc2cc(O)cc(O)c2)cc1. The number of hydrogen-bond donors (Lipinski definition) is 4. The van der Waals surface area contributed by atoms with E-state index in [2.05, 4.69) is 50.2 Å². The van der Waals surface area contributed by atoms with Crippen molar-refractivity contribution in [3.63, 3.8) is 0 Å². The van der Waals surface area contributed by atoms with Crippen LogP contribution in [0.3, 0.4) is 0 Å². The summed E-state index contributed by atoms with van der Waals surface area (Å²) in [6, 6.07) is 29.5. The van der Waals surface area contributed by atoms with Crippen LogP contribution in [0.5, 0.6) is 57.5 Å². The molecule has 0 aliphatic rings. The van der Waals surface area contributed by atoms with Crippen LogP contribution in [0.4, 0.5) is 0 Å². The lowest BCUT2D eigenvalue weighted by Crippen LogP contribution is -2.03. The predicted octanol–water partition coefficient (Wildman–Crippen LogP) is 15.4. The number of rotatable bonds is 36. The Bertz CT molecular complexity index is 1940. The molecule has 0 bridgehead atoms. The summed E-state index contributed by atoms with van der Waals surface area (Å²) in [6.45, 7) is 8.06. The zero-order valence-corrected chi connectivity index (χ0v) is 40.9. The Morgan fingerprint density at radius 3 is 0.853 bits per heavy atom. The standard InChI is InChI=1S/C58H78O10/c1-3-5-7-9-11-21-35-67-57-43-56(46-25-29-52(30-26-46)64-32-18-14-16-20-34-66-54-41-49(61)38-50(62)42-54)58(68-36-22-12-10-8-6-4-2)44-55(57)45-23-27-51(28-24-45)63-31-17-13-15-19-33-65-53-39-47(59)37-48(60)40-53/h23-30,37-44,59-62H,3-22,31-36H2,1-2H3. The zero-order valence-electron chi connectivity index (χ0n) is 40.9. The second-order valence-electron chi connectivity index (χ2n) is 17.7. The molecule has 0 aliphatic heterocycles. The van der Waals surface area contributed by atoms with Gasteiger partial charge in [-0.15, -0.1) is 0 Å². The van der Waals surface area contributed by atoms with Crippen molar-refractivity contribution in [2.75, 3.05) is 39.6 Å². The van der Waals surface area contributed by atoms with Crippen LogP contribution in [0.2, 0.25) is 0 Å². The van der Waals surface area contributed by atoms with E-state index in [9.17, 15) is 20.4 Å². The van der Waals surface area contributed by atoms with Gasteiger partial charge in [0.1, 0.15) is 57.5 Å². The highest BCUT2D eigenvalue weighted by Crippen LogP contribution is 2.42. The summed E-state index contributed by atoms with van der Waals surface area (Å²) in [7, 11) is 0. The molecule has 370 valence electrons. The quantitative estimate of drug-likeness (QED) is 0.0287. The monoisotopic (exact) mass is 935 g/mol. The third-order valence-corrected chi connectivity index (χ3v) is 11.8. The van der Waals surface area contributed by atoms with Crippen molar-refractivity contribution in [3.05, 3.63) is 97.1 Å². The first-order chi connectivity index (χ1) is 33.3. The second-order valence-corrected chi connectivity index (χ2v) is 17.7. The highest BCUT2D eigenvalue weighted by Gasteiger charge is 2.17. The molecule has 0 unspecified atom stereocenters. The van der Waals surface area contributed by atoms with Crippen molar-refractivity contribution in [1.82, 2.24) is 0 Å². The van der Waals surface area contributed by atoms with Gasteiger partial charge in [0.25, 0.3) is 0 Å². The number of ether oxygens (including phenoxy) is 6. The van der Waals surface area contributed by atoms with Crippen molar-refractivity contribution < 1.29 is 48.8 Å². The van der Waals surface area contributed by atoms with Gasteiger partial charge < -0.3 is 48.8 Å². The maximum absolute atomic E-state index is 9.66. The van der Waals surface area contributed by atoms with Crippen LogP contribution in [-0.4, -0.2) is 60.1 Å². The smallest absolute Gasteiger partial charge is 0.128 e. The van der Waals surface area contributed by atoms with Gasteiger partial charge in [-0.05, 0) is 112 Å². The maximum atomic E-state index is 9.66. The zero-order chi connectivity index (χ0) is 48.0. The minimum atomic E-state index is -0.0148. The Balaban J connectivity index is 1.19. The average molecular weight is 935 g/mol. The van der Waals surface area contributed by atoms with Crippen molar-refractivity contribution in [1.29, 1.82) is 0 Å². The Labute approximate surface area is 406 Å². The van der Waals surface area contributed by atoms with Gasteiger partial charge in [-0.3, -0.25) is 0 Å². The van der Waals surface area contributed by atoms with Crippen LogP contribution in [0.25, 0.3) is 22.3 Å². The van der Waals surface area contributed by atoms with E-state index in [1.54, 1.807) is 0 Å². The Morgan fingerprint density at radius 1 is 0.279 bits per heavy atom. The minimum Gasteiger partial charge on any atom is -0.508 e. The molecule has 0 spiro atoms. The summed E-state index contributed by atoms with van der Waals surface area (Å²) in [6.07, 6.45) is 21.9. The molecule has 5 rings (SSSR count). The van der Waals surface area contributed by atoms with Crippen molar-refractivity contribution in [2.24, 2.45) is 0 Å². The molecule has 4 N–H and O–H groups in total. The van der Waals surface area contributed by atoms with Gasteiger partial charge in [0.15, 0.2) is 0 Å². The van der Waals surface area contributed by atoms with E-state index in [4.69, 9.17) is 28.4 Å². The molecule has 68 heavy (non-hydrogen) atoms. The van der Waals surface area contributed by atoms with Crippen LogP contribution in [-0.2, 0) is 0 Å².